The molecule has 0 spiro atoms. The Morgan fingerprint density at radius 3 is 2.84 bits per heavy atom. The van der Waals surface area contributed by atoms with Crippen LogP contribution in [-0.2, 0) is 0 Å². The van der Waals surface area contributed by atoms with Crippen LogP contribution in [0.1, 0.15) is 18.9 Å². The van der Waals surface area contributed by atoms with Gasteiger partial charge in [0, 0.05) is 11.6 Å². The molecule has 0 fully saturated rings. The minimum atomic E-state index is 0.0317. The number of para-hydroxylation sites is 1. The lowest BCUT2D eigenvalue weighted by Crippen LogP contribution is -2.12. The Kier molecular flexibility index (Phi) is 2.97. The van der Waals surface area contributed by atoms with E-state index < -0.39 is 0 Å². The van der Waals surface area contributed by atoms with Gasteiger partial charge in [-0.3, -0.25) is 4.98 Å². The fraction of sp³-hybridized carbons (Fsp3) is 0.214. The first-order valence-electron chi connectivity index (χ1n) is 6.14. The van der Waals surface area contributed by atoms with Crippen molar-refractivity contribution in [3.8, 4) is 11.5 Å². The standard InChI is InChI=1S/C14H14N4O/c1-9(15-2)13-17-18-14(19-13)11-7-3-5-10-6-4-8-16-12(10)11/h3-9,15H,1-2H3. The molecule has 1 atom stereocenters. The highest BCUT2D eigenvalue weighted by Gasteiger charge is 2.15. The van der Waals surface area contributed by atoms with E-state index in [9.17, 15) is 0 Å². The summed E-state index contributed by atoms with van der Waals surface area (Å²) in [6.45, 7) is 1.97. The average Bonchev–Trinajstić information content (AvgIpc) is 2.95. The highest BCUT2D eigenvalue weighted by molar-refractivity contribution is 5.91. The maximum absolute atomic E-state index is 5.71. The van der Waals surface area contributed by atoms with E-state index >= 15 is 0 Å². The van der Waals surface area contributed by atoms with Gasteiger partial charge in [-0.1, -0.05) is 18.2 Å². The van der Waals surface area contributed by atoms with Crippen molar-refractivity contribution >= 4 is 10.9 Å². The van der Waals surface area contributed by atoms with Crippen molar-refractivity contribution in [1.29, 1.82) is 0 Å². The third-order valence-corrected chi connectivity index (χ3v) is 3.11. The van der Waals surface area contributed by atoms with E-state index in [1.807, 2.05) is 44.3 Å². The molecule has 0 aliphatic heterocycles. The molecule has 0 saturated carbocycles. The SMILES string of the molecule is CNC(C)c1nnc(-c2cccc3cccnc23)o1. The number of nitrogens with zero attached hydrogens (tertiary/aromatic N) is 3. The van der Waals surface area contributed by atoms with E-state index in [-0.39, 0.29) is 6.04 Å². The van der Waals surface area contributed by atoms with Gasteiger partial charge in [-0.2, -0.15) is 0 Å². The minimum Gasteiger partial charge on any atom is -0.419 e. The molecular weight excluding hydrogens is 240 g/mol. The predicted octanol–water partition coefficient (Wildman–Crippen LogP) is 2.57. The Morgan fingerprint density at radius 2 is 2.00 bits per heavy atom. The summed E-state index contributed by atoms with van der Waals surface area (Å²) in [4.78, 5) is 4.39. The smallest absolute Gasteiger partial charge is 0.250 e. The lowest BCUT2D eigenvalue weighted by atomic mass is 10.1. The molecule has 1 unspecified atom stereocenters. The second-order valence-electron chi connectivity index (χ2n) is 4.34. The van der Waals surface area contributed by atoms with Crippen LogP contribution in [0.4, 0.5) is 0 Å². The van der Waals surface area contributed by atoms with Crippen LogP contribution < -0.4 is 5.32 Å². The molecule has 0 aliphatic carbocycles. The van der Waals surface area contributed by atoms with Crippen LogP contribution in [-0.4, -0.2) is 22.2 Å². The Bertz CT molecular complexity index is 702. The van der Waals surface area contributed by atoms with Crippen molar-refractivity contribution < 1.29 is 4.42 Å². The highest BCUT2D eigenvalue weighted by atomic mass is 16.4. The van der Waals surface area contributed by atoms with Crippen LogP contribution in [0.3, 0.4) is 0 Å². The van der Waals surface area contributed by atoms with Crippen LogP contribution in [0.2, 0.25) is 0 Å². The second-order valence-corrected chi connectivity index (χ2v) is 4.34. The molecule has 0 bridgehead atoms. The molecule has 1 aromatic carbocycles. The van der Waals surface area contributed by atoms with Gasteiger partial charge in [0.15, 0.2) is 0 Å². The van der Waals surface area contributed by atoms with Gasteiger partial charge >= 0.3 is 0 Å². The highest BCUT2D eigenvalue weighted by Crippen LogP contribution is 2.26. The number of aromatic nitrogens is 3. The van der Waals surface area contributed by atoms with Gasteiger partial charge in [0.25, 0.3) is 0 Å². The monoisotopic (exact) mass is 254 g/mol. The van der Waals surface area contributed by atoms with Crippen molar-refractivity contribution in [2.75, 3.05) is 7.05 Å². The molecule has 5 nitrogen and oxygen atoms in total. The molecule has 2 heterocycles. The van der Waals surface area contributed by atoms with Gasteiger partial charge in [0.2, 0.25) is 11.8 Å². The normalized spacial score (nSPS) is 12.7. The molecule has 2 aromatic heterocycles. The van der Waals surface area contributed by atoms with Crippen molar-refractivity contribution in [3.63, 3.8) is 0 Å². The first-order chi connectivity index (χ1) is 9.29. The van der Waals surface area contributed by atoms with Gasteiger partial charge in [-0.05, 0) is 26.1 Å². The molecule has 0 amide bonds. The largest absolute Gasteiger partial charge is 0.419 e. The summed E-state index contributed by atoms with van der Waals surface area (Å²) in [6.07, 6.45) is 1.76. The fourth-order valence-electron chi connectivity index (χ4n) is 1.92. The zero-order valence-corrected chi connectivity index (χ0v) is 10.8. The second kappa shape index (κ2) is 4.78. The van der Waals surface area contributed by atoms with Crippen molar-refractivity contribution in [1.82, 2.24) is 20.5 Å². The van der Waals surface area contributed by atoms with Crippen molar-refractivity contribution in [3.05, 3.63) is 42.4 Å². The summed E-state index contributed by atoms with van der Waals surface area (Å²) < 4.78 is 5.71. The number of pyridine rings is 1. The number of nitrogens with one attached hydrogen (secondary N) is 1. The molecule has 3 rings (SSSR count). The van der Waals surface area contributed by atoms with E-state index in [4.69, 9.17) is 4.42 Å². The summed E-state index contributed by atoms with van der Waals surface area (Å²) in [5.41, 5.74) is 1.73. The quantitative estimate of drug-likeness (QED) is 0.778. The van der Waals surface area contributed by atoms with Crippen LogP contribution in [0.25, 0.3) is 22.4 Å². The first kappa shape index (κ1) is 11.8. The van der Waals surface area contributed by atoms with Crippen LogP contribution in [0, 0.1) is 0 Å². The molecule has 0 saturated heterocycles. The van der Waals surface area contributed by atoms with E-state index in [1.165, 1.54) is 0 Å². The number of hydrogen-bond acceptors (Lipinski definition) is 5. The van der Waals surface area contributed by atoms with E-state index in [0.717, 1.165) is 16.5 Å². The zero-order chi connectivity index (χ0) is 13.2. The zero-order valence-electron chi connectivity index (χ0n) is 10.8. The van der Waals surface area contributed by atoms with E-state index in [1.54, 1.807) is 6.20 Å². The van der Waals surface area contributed by atoms with Gasteiger partial charge in [0.05, 0.1) is 17.1 Å². The van der Waals surface area contributed by atoms with E-state index in [2.05, 4.69) is 20.5 Å². The van der Waals surface area contributed by atoms with Crippen molar-refractivity contribution in [2.45, 2.75) is 13.0 Å². The molecular formula is C14H14N4O. The molecule has 1 N–H and O–H groups in total. The van der Waals surface area contributed by atoms with Crippen LogP contribution in [0.5, 0.6) is 0 Å². The number of fused-ring (bicyclic) bond motifs is 1. The Balaban J connectivity index is 2.12. The first-order valence-corrected chi connectivity index (χ1v) is 6.14. The van der Waals surface area contributed by atoms with Crippen LogP contribution in [0.15, 0.2) is 40.9 Å². The maximum atomic E-state index is 5.71. The van der Waals surface area contributed by atoms with Gasteiger partial charge in [-0.15, -0.1) is 10.2 Å². The Morgan fingerprint density at radius 1 is 1.16 bits per heavy atom. The summed E-state index contributed by atoms with van der Waals surface area (Å²) in [5.74, 6) is 1.08. The molecule has 3 aromatic rings. The number of benzene rings is 1. The lowest BCUT2D eigenvalue weighted by Gasteiger charge is -2.03. The summed E-state index contributed by atoms with van der Waals surface area (Å²) in [5, 5.41) is 12.3. The maximum Gasteiger partial charge on any atom is 0.250 e. The molecule has 96 valence electrons. The lowest BCUT2D eigenvalue weighted by molar-refractivity contribution is 0.441. The van der Waals surface area contributed by atoms with Crippen molar-refractivity contribution in [2.24, 2.45) is 0 Å². The molecule has 0 radical (unpaired) electrons. The minimum absolute atomic E-state index is 0.0317. The number of rotatable bonds is 3. The van der Waals surface area contributed by atoms with Gasteiger partial charge in [-0.25, -0.2) is 0 Å². The summed E-state index contributed by atoms with van der Waals surface area (Å²) in [6, 6.07) is 9.87. The summed E-state index contributed by atoms with van der Waals surface area (Å²) in [7, 11) is 1.86. The Labute approximate surface area is 110 Å². The summed E-state index contributed by atoms with van der Waals surface area (Å²) >= 11 is 0. The topological polar surface area (TPSA) is 63.8 Å². The third-order valence-electron chi connectivity index (χ3n) is 3.11. The third kappa shape index (κ3) is 2.08. The number of hydrogen-bond donors (Lipinski definition) is 1. The van der Waals surface area contributed by atoms with Crippen LogP contribution >= 0.6 is 0 Å². The fourth-order valence-corrected chi connectivity index (χ4v) is 1.92. The van der Waals surface area contributed by atoms with Gasteiger partial charge < -0.3 is 9.73 Å². The molecule has 5 heteroatoms. The molecule has 19 heavy (non-hydrogen) atoms. The molecule has 0 aliphatic rings. The van der Waals surface area contributed by atoms with Gasteiger partial charge in [0.1, 0.15) is 0 Å². The predicted molar refractivity (Wildman–Crippen MR) is 72.5 cm³/mol. The van der Waals surface area contributed by atoms with E-state index in [0.29, 0.717) is 11.8 Å². The average molecular weight is 254 g/mol. The Hall–Kier alpha value is -2.27.